The number of Topliss-reactive ketones (excluding diaryl/α,β-unsaturated/α-hetero) is 1. The van der Waals surface area contributed by atoms with E-state index in [4.69, 9.17) is 14.5 Å². The number of halogens is 2. The first-order valence-electron chi connectivity index (χ1n) is 12.4. The molecule has 0 radical (unpaired) electrons. The number of aryl methyl sites for hydroxylation is 1. The topological polar surface area (TPSA) is 61.3 Å². The molecule has 2 aromatic heterocycles. The molecule has 5 nitrogen and oxygen atoms in total. The maximum Gasteiger partial charge on any atom is 0.286 e. The Morgan fingerprint density at radius 3 is 2.54 bits per heavy atom. The number of ether oxygens (including phenoxy) is 2. The summed E-state index contributed by atoms with van der Waals surface area (Å²) in [6.07, 6.45) is 1.67. The van der Waals surface area contributed by atoms with Gasteiger partial charge in [0.1, 0.15) is 17.5 Å². The van der Waals surface area contributed by atoms with Gasteiger partial charge in [-0.25, -0.2) is 4.98 Å². The summed E-state index contributed by atoms with van der Waals surface area (Å²) < 4.78 is 40.6. The lowest BCUT2D eigenvalue weighted by Gasteiger charge is -2.30. The number of carbonyl (C=O) groups is 1. The van der Waals surface area contributed by atoms with Gasteiger partial charge in [0.05, 0.1) is 23.2 Å². The molecular weight excluding hydrogens is 474 g/mol. The second kappa shape index (κ2) is 8.84. The molecule has 0 spiro atoms. The zero-order valence-corrected chi connectivity index (χ0v) is 21.9. The van der Waals surface area contributed by atoms with Crippen LogP contribution in [-0.2, 0) is 21.9 Å². The SMILES string of the molecule is CC(=O)[C@@H](OC(C)(C)C)c1c(C)cc2nc(C(C)(F)F)ccc2c1-c1ccc2c3c(ccnc13)CCO2. The van der Waals surface area contributed by atoms with Crippen LogP contribution in [0.1, 0.15) is 63.1 Å². The predicted molar refractivity (Wildman–Crippen MR) is 140 cm³/mol. The first-order chi connectivity index (χ1) is 17.3. The monoisotopic (exact) mass is 504 g/mol. The van der Waals surface area contributed by atoms with Crippen LogP contribution in [0.3, 0.4) is 0 Å². The molecule has 5 rings (SSSR count). The average molecular weight is 505 g/mol. The van der Waals surface area contributed by atoms with Crippen LogP contribution in [0.25, 0.3) is 32.9 Å². The number of hydrogen-bond acceptors (Lipinski definition) is 5. The molecule has 192 valence electrons. The Morgan fingerprint density at radius 1 is 1.11 bits per heavy atom. The van der Waals surface area contributed by atoms with Gasteiger partial charge in [-0.15, -0.1) is 0 Å². The molecule has 0 fully saturated rings. The average Bonchev–Trinajstić information content (AvgIpc) is 2.81. The number of pyridine rings is 2. The molecule has 0 aliphatic carbocycles. The van der Waals surface area contributed by atoms with Crippen LogP contribution < -0.4 is 4.74 Å². The van der Waals surface area contributed by atoms with Crippen LogP contribution >= 0.6 is 0 Å². The van der Waals surface area contributed by atoms with E-state index in [0.717, 1.165) is 46.7 Å². The molecule has 0 saturated carbocycles. The Bertz CT molecular complexity index is 1540. The molecule has 37 heavy (non-hydrogen) atoms. The number of fused-ring (bicyclic) bond motifs is 1. The van der Waals surface area contributed by atoms with Crippen molar-refractivity contribution in [2.45, 2.75) is 65.6 Å². The number of carbonyl (C=O) groups excluding carboxylic acids is 1. The molecule has 1 aliphatic heterocycles. The van der Waals surface area contributed by atoms with E-state index in [2.05, 4.69) is 4.98 Å². The summed E-state index contributed by atoms with van der Waals surface area (Å²) in [5.74, 6) is -2.48. The van der Waals surface area contributed by atoms with Gasteiger partial charge in [-0.2, -0.15) is 8.78 Å². The van der Waals surface area contributed by atoms with Crippen LogP contribution in [0, 0.1) is 6.92 Å². The zero-order chi connectivity index (χ0) is 26.7. The van der Waals surface area contributed by atoms with Gasteiger partial charge >= 0.3 is 0 Å². The third kappa shape index (κ3) is 4.57. The standard InChI is InChI=1S/C30H30F2N2O3/c1-16-15-21-19(8-10-23(34-21)30(6,31)32)26(24(16)28(17(2)35)37-29(3,4)5)20-7-9-22-25-18(12-14-36-22)11-13-33-27(20)25/h7-11,13,15,28H,12,14H2,1-6H3/t28-/m1/s1. The van der Waals surface area contributed by atoms with E-state index >= 15 is 0 Å². The van der Waals surface area contributed by atoms with E-state index < -0.39 is 17.6 Å². The Balaban J connectivity index is 1.91. The fraction of sp³-hybridized carbons (Fsp3) is 0.367. The van der Waals surface area contributed by atoms with Crippen LogP contribution in [-0.4, -0.2) is 28.0 Å². The van der Waals surface area contributed by atoms with Gasteiger partial charge in [0.25, 0.3) is 5.92 Å². The second-order valence-electron chi connectivity index (χ2n) is 10.8. The number of aromatic nitrogens is 2. The van der Waals surface area contributed by atoms with Gasteiger partial charge < -0.3 is 9.47 Å². The lowest BCUT2D eigenvalue weighted by Crippen LogP contribution is -2.27. The molecule has 0 N–H and O–H groups in total. The lowest BCUT2D eigenvalue weighted by atomic mass is 9.85. The molecule has 0 unspecified atom stereocenters. The van der Waals surface area contributed by atoms with Crippen molar-refractivity contribution in [2.24, 2.45) is 0 Å². The largest absolute Gasteiger partial charge is 0.493 e. The minimum atomic E-state index is -3.09. The number of benzene rings is 2. The highest BCUT2D eigenvalue weighted by molar-refractivity contribution is 6.08. The van der Waals surface area contributed by atoms with Crippen molar-refractivity contribution in [3.8, 4) is 16.9 Å². The van der Waals surface area contributed by atoms with E-state index in [-0.39, 0.29) is 11.5 Å². The quantitative estimate of drug-likeness (QED) is 0.286. The van der Waals surface area contributed by atoms with Gasteiger partial charge in [-0.3, -0.25) is 9.78 Å². The molecule has 3 heterocycles. The van der Waals surface area contributed by atoms with Crippen molar-refractivity contribution >= 4 is 27.6 Å². The van der Waals surface area contributed by atoms with Crippen molar-refractivity contribution in [2.75, 3.05) is 6.61 Å². The molecule has 0 amide bonds. The Kier molecular flexibility index (Phi) is 6.02. The van der Waals surface area contributed by atoms with E-state index in [1.165, 1.54) is 13.0 Å². The molecular formula is C30H30F2N2O3. The van der Waals surface area contributed by atoms with E-state index in [0.29, 0.717) is 28.6 Å². The van der Waals surface area contributed by atoms with Gasteiger partial charge in [-0.05, 0) is 87.2 Å². The van der Waals surface area contributed by atoms with E-state index in [1.54, 1.807) is 18.3 Å². The highest BCUT2D eigenvalue weighted by Crippen LogP contribution is 2.45. The molecule has 7 heteroatoms. The molecule has 0 saturated heterocycles. The van der Waals surface area contributed by atoms with Gasteiger partial charge in [0.15, 0.2) is 5.78 Å². The molecule has 2 aromatic carbocycles. The summed E-state index contributed by atoms with van der Waals surface area (Å²) in [5, 5.41) is 1.57. The Morgan fingerprint density at radius 2 is 1.86 bits per heavy atom. The van der Waals surface area contributed by atoms with Crippen LogP contribution in [0.2, 0.25) is 0 Å². The summed E-state index contributed by atoms with van der Waals surface area (Å²) in [4.78, 5) is 22.1. The van der Waals surface area contributed by atoms with Crippen molar-refractivity contribution in [3.05, 3.63) is 65.0 Å². The first kappa shape index (κ1) is 25.2. The van der Waals surface area contributed by atoms with E-state index in [1.807, 2.05) is 45.9 Å². The summed E-state index contributed by atoms with van der Waals surface area (Å²) in [7, 11) is 0. The lowest BCUT2D eigenvalue weighted by molar-refractivity contribution is -0.138. The predicted octanol–water partition coefficient (Wildman–Crippen LogP) is 7.25. The minimum absolute atomic E-state index is 0.151. The third-order valence-electron chi connectivity index (χ3n) is 6.63. The Labute approximate surface area is 214 Å². The molecule has 0 bridgehead atoms. The normalized spacial score (nSPS) is 14.6. The maximum atomic E-state index is 14.2. The minimum Gasteiger partial charge on any atom is -0.493 e. The van der Waals surface area contributed by atoms with Crippen molar-refractivity contribution in [1.82, 2.24) is 9.97 Å². The van der Waals surface area contributed by atoms with Crippen LogP contribution in [0.15, 0.2) is 42.6 Å². The molecule has 1 aliphatic rings. The van der Waals surface area contributed by atoms with Gasteiger partial charge in [-0.1, -0.05) is 6.07 Å². The summed E-state index contributed by atoms with van der Waals surface area (Å²) in [5.41, 5.74) is 4.27. The van der Waals surface area contributed by atoms with Crippen LogP contribution in [0.4, 0.5) is 8.78 Å². The highest BCUT2D eigenvalue weighted by Gasteiger charge is 2.32. The number of ketones is 1. The summed E-state index contributed by atoms with van der Waals surface area (Å²) in [6.45, 7) is 10.5. The molecule has 4 aromatic rings. The fourth-order valence-corrected chi connectivity index (χ4v) is 5.10. The second-order valence-corrected chi connectivity index (χ2v) is 10.8. The number of alkyl halides is 2. The van der Waals surface area contributed by atoms with Gasteiger partial charge in [0, 0.05) is 35.9 Å². The first-order valence-corrected chi connectivity index (χ1v) is 12.4. The highest BCUT2D eigenvalue weighted by atomic mass is 19.3. The summed E-state index contributed by atoms with van der Waals surface area (Å²) >= 11 is 0. The van der Waals surface area contributed by atoms with Gasteiger partial charge in [0.2, 0.25) is 0 Å². The molecule has 1 atom stereocenters. The smallest absolute Gasteiger partial charge is 0.286 e. The number of rotatable bonds is 5. The Hall–Kier alpha value is -3.45. The van der Waals surface area contributed by atoms with Crippen molar-refractivity contribution in [1.29, 1.82) is 0 Å². The van der Waals surface area contributed by atoms with E-state index in [9.17, 15) is 13.6 Å². The maximum absolute atomic E-state index is 14.2. The number of hydrogen-bond donors (Lipinski definition) is 0. The number of nitrogens with zero attached hydrogens (tertiary/aromatic N) is 2. The van der Waals surface area contributed by atoms with Crippen molar-refractivity contribution in [3.63, 3.8) is 0 Å². The third-order valence-corrected chi connectivity index (χ3v) is 6.63. The zero-order valence-electron chi connectivity index (χ0n) is 21.9. The summed E-state index contributed by atoms with van der Waals surface area (Å²) in [6, 6.07) is 10.6. The fourth-order valence-electron chi connectivity index (χ4n) is 5.10. The van der Waals surface area contributed by atoms with Crippen molar-refractivity contribution < 1.29 is 23.0 Å². The van der Waals surface area contributed by atoms with Crippen LogP contribution in [0.5, 0.6) is 5.75 Å².